The molecule has 0 aromatic carbocycles. The summed E-state index contributed by atoms with van der Waals surface area (Å²) in [6.45, 7) is -0.355. The van der Waals surface area contributed by atoms with Crippen LogP contribution in [0.25, 0.3) is 11.2 Å². The molecule has 1 aliphatic rings. The summed E-state index contributed by atoms with van der Waals surface area (Å²) < 4.78 is 28.6. The predicted molar refractivity (Wildman–Crippen MR) is 113 cm³/mol. The zero-order valence-electron chi connectivity index (χ0n) is 17.2. The highest BCUT2D eigenvalue weighted by molar-refractivity contribution is 7.47. The van der Waals surface area contributed by atoms with E-state index >= 15 is 0 Å². The quantitative estimate of drug-likeness (QED) is 0.116. The van der Waals surface area contributed by atoms with E-state index in [9.17, 15) is 29.3 Å². The molecule has 3 heterocycles. The second-order valence-corrected chi connectivity index (χ2v) is 8.83. The molecule has 0 bridgehead atoms. The third-order valence-corrected chi connectivity index (χ3v) is 5.96. The van der Waals surface area contributed by atoms with Gasteiger partial charge in [0.15, 0.2) is 17.4 Å². The lowest BCUT2D eigenvalue weighted by Gasteiger charge is -2.17. The molecular weight excluding hydrogens is 487 g/mol. The van der Waals surface area contributed by atoms with E-state index in [0.717, 1.165) is 0 Å². The van der Waals surface area contributed by atoms with Gasteiger partial charge in [0, 0.05) is 6.54 Å². The maximum Gasteiger partial charge on any atom is 0.472 e. The highest BCUT2D eigenvalue weighted by Gasteiger charge is 2.45. The molecule has 184 valence electrons. The Labute approximate surface area is 191 Å². The van der Waals surface area contributed by atoms with Crippen molar-refractivity contribution in [1.82, 2.24) is 24.8 Å². The van der Waals surface area contributed by atoms with E-state index in [4.69, 9.17) is 31.1 Å². The van der Waals surface area contributed by atoms with E-state index in [0.29, 0.717) is 19.4 Å². The summed E-state index contributed by atoms with van der Waals surface area (Å²) in [5.41, 5.74) is 4.92. The van der Waals surface area contributed by atoms with Crippen LogP contribution in [-0.2, 0) is 23.1 Å². The van der Waals surface area contributed by atoms with Crippen molar-refractivity contribution in [3.63, 3.8) is 0 Å². The van der Waals surface area contributed by atoms with Crippen molar-refractivity contribution in [2.24, 2.45) is 0 Å². The fourth-order valence-electron chi connectivity index (χ4n) is 3.11. The maximum absolute atomic E-state index is 12.1. The highest BCUT2D eigenvalue weighted by Crippen LogP contribution is 2.44. The average Bonchev–Trinajstić information content (AvgIpc) is 3.30. The number of phosphoric ester groups is 1. The fourth-order valence-corrected chi connectivity index (χ4v) is 3.98. The third-order valence-electron chi connectivity index (χ3n) is 4.73. The smallest absolute Gasteiger partial charge is 0.387 e. The zero-order valence-corrected chi connectivity index (χ0v) is 18.8. The van der Waals surface area contributed by atoms with Gasteiger partial charge in [-0.15, -0.1) is 11.6 Å². The van der Waals surface area contributed by atoms with Crippen molar-refractivity contribution < 1.29 is 38.3 Å². The number of anilines is 1. The number of fused-ring (bicyclic) bond motifs is 1. The van der Waals surface area contributed by atoms with Crippen molar-refractivity contribution in [2.75, 3.05) is 31.4 Å². The zero-order chi connectivity index (χ0) is 24.2. The van der Waals surface area contributed by atoms with Crippen molar-refractivity contribution in [3.05, 3.63) is 16.7 Å². The first-order valence-corrected chi connectivity index (χ1v) is 11.8. The second-order valence-electron chi connectivity index (χ2n) is 7.11. The summed E-state index contributed by atoms with van der Waals surface area (Å²) in [6.07, 6.45) is -3.35. The Morgan fingerprint density at radius 1 is 1.36 bits per heavy atom. The van der Waals surface area contributed by atoms with Gasteiger partial charge in [-0.3, -0.25) is 28.2 Å². The minimum atomic E-state index is -4.47. The van der Waals surface area contributed by atoms with E-state index in [-0.39, 0.29) is 35.5 Å². The topological polar surface area (TPSA) is 224 Å². The van der Waals surface area contributed by atoms with Gasteiger partial charge in [-0.2, -0.15) is 4.98 Å². The molecule has 0 radical (unpaired) electrons. The van der Waals surface area contributed by atoms with Gasteiger partial charge in [-0.25, -0.2) is 9.55 Å². The maximum atomic E-state index is 12.1. The lowest BCUT2D eigenvalue weighted by molar-refractivity contribution is -0.118. The number of H-pyrrole nitrogens is 1. The van der Waals surface area contributed by atoms with Gasteiger partial charge in [0.05, 0.1) is 19.5 Å². The van der Waals surface area contributed by atoms with Crippen LogP contribution >= 0.6 is 19.4 Å². The van der Waals surface area contributed by atoms with Gasteiger partial charge in [-0.1, -0.05) is 0 Å². The third kappa shape index (κ3) is 6.28. The molecule has 0 aliphatic carbocycles. The number of hydrogen-bond donors (Lipinski definition) is 6. The molecule has 3 rings (SSSR count). The Morgan fingerprint density at radius 2 is 2.12 bits per heavy atom. The van der Waals surface area contributed by atoms with Crippen LogP contribution in [0.4, 0.5) is 5.95 Å². The number of aliphatic hydroxyl groups excluding tert-OH is 2. The Bertz CT molecular complexity index is 1080. The molecule has 1 saturated heterocycles. The van der Waals surface area contributed by atoms with E-state index in [1.807, 2.05) is 0 Å². The Hall–Kier alpha value is -2.10. The number of unbranched alkanes of at least 4 members (excludes halogenated alkanes) is 1. The number of nitrogens with two attached hydrogens (primary N) is 1. The van der Waals surface area contributed by atoms with Crippen molar-refractivity contribution >= 4 is 42.4 Å². The van der Waals surface area contributed by atoms with Crippen LogP contribution < -0.4 is 16.6 Å². The first-order chi connectivity index (χ1) is 15.6. The van der Waals surface area contributed by atoms with Crippen LogP contribution in [0.3, 0.4) is 0 Å². The van der Waals surface area contributed by atoms with Crippen molar-refractivity contribution in [3.8, 4) is 0 Å². The summed E-state index contributed by atoms with van der Waals surface area (Å²) in [6, 6.07) is 0. The number of carbonyl (C=O) groups excluding carboxylic acids is 1. The molecule has 1 fully saturated rings. The second kappa shape index (κ2) is 10.9. The molecule has 5 atom stereocenters. The van der Waals surface area contributed by atoms with Crippen molar-refractivity contribution in [2.45, 2.75) is 37.4 Å². The lowest BCUT2D eigenvalue weighted by Crippen LogP contribution is -2.33. The Kier molecular flexibility index (Phi) is 8.42. The summed E-state index contributed by atoms with van der Waals surface area (Å²) >= 11 is 5.34. The molecule has 1 unspecified atom stereocenters. The van der Waals surface area contributed by atoms with Gasteiger partial charge in [0.1, 0.15) is 24.2 Å². The number of hydrogen-bond acceptors (Lipinski definition) is 11. The lowest BCUT2D eigenvalue weighted by atomic mass is 10.1. The molecule has 0 saturated carbocycles. The summed E-state index contributed by atoms with van der Waals surface area (Å²) in [7, 11) is -4.47. The number of ether oxygens (including phenoxy) is 1. The summed E-state index contributed by atoms with van der Waals surface area (Å²) in [5.74, 6) is -0.651. The predicted octanol–water partition coefficient (Wildman–Crippen LogP) is -1.41. The summed E-state index contributed by atoms with van der Waals surface area (Å²) in [4.78, 5) is 42.9. The van der Waals surface area contributed by atoms with Crippen LogP contribution in [0, 0.1) is 0 Å². The van der Waals surface area contributed by atoms with Crippen molar-refractivity contribution in [1.29, 1.82) is 0 Å². The molecule has 0 spiro atoms. The number of phosphoric acid groups is 1. The van der Waals surface area contributed by atoms with Crippen LogP contribution in [0.1, 0.15) is 19.1 Å². The molecule has 33 heavy (non-hydrogen) atoms. The molecule has 2 aromatic rings. The Balaban J connectivity index is 1.53. The minimum Gasteiger partial charge on any atom is -0.387 e. The number of rotatable bonds is 11. The molecule has 7 N–H and O–H groups in total. The molecule has 1 amide bonds. The molecule has 1 aliphatic heterocycles. The number of nitrogens with zero attached hydrogens (tertiary/aromatic N) is 3. The summed E-state index contributed by atoms with van der Waals surface area (Å²) in [5, 5.41) is 23.2. The van der Waals surface area contributed by atoms with Gasteiger partial charge in [-0.05, 0) is 12.8 Å². The van der Waals surface area contributed by atoms with E-state index in [2.05, 4.69) is 20.3 Å². The number of nitrogen functional groups attached to an aromatic ring is 1. The van der Waals surface area contributed by atoms with E-state index in [1.54, 1.807) is 0 Å². The molecule has 17 heteroatoms. The fraction of sp³-hybridized carbons (Fsp3) is 0.625. The highest BCUT2D eigenvalue weighted by atomic mass is 35.5. The number of carbonyl (C=O) groups is 1. The number of amides is 1. The number of nitrogens with one attached hydrogen (secondary N) is 2. The first-order valence-electron chi connectivity index (χ1n) is 9.81. The number of aromatic amines is 1. The average molecular weight is 511 g/mol. The molecular formula is C16H24ClN6O9P. The van der Waals surface area contributed by atoms with Gasteiger partial charge in [0.2, 0.25) is 11.9 Å². The Morgan fingerprint density at radius 3 is 2.85 bits per heavy atom. The van der Waals surface area contributed by atoms with Crippen LogP contribution in [0.5, 0.6) is 0 Å². The molecule has 15 nitrogen and oxygen atoms in total. The van der Waals surface area contributed by atoms with Crippen LogP contribution in [0.2, 0.25) is 0 Å². The van der Waals surface area contributed by atoms with Gasteiger partial charge >= 0.3 is 7.82 Å². The normalized spacial score (nSPS) is 24.7. The van der Waals surface area contributed by atoms with Crippen LogP contribution in [0.15, 0.2) is 11.1 Å². The van der Waals surface area contributed by atoms with Gasteiger partial charge in [0.25, 0.3) is 5.56 Å². The van der Waals surface area contributed by atoms with E-state index < -0.39 is 44.5 Å². The number of alkyl halides is 1. The SMILES string of the molecule is Nc1nc2c(ncn2[C@@H]2O[C@H](COP(=O)(O)OCCCCNC(=O)CCl)[C@@H](O)[C@H]2O)c(=O)[nH]1. The standard InChI is InChI=1S/C16H24ClN6O9P/c17-5-9(24)19-3-1-2-4-30-33(28,29)31-6-8-11(25)12(26)15(32-8)23-7-20-10-13(23)21-16(18)22-14(10)27/h7-8,11-12,15,25-26H,1-6H2,(H,19,24)(H,28,29)(H3,18,21,22,27)/t8-,11-,12-,15-/m1/s1. The number of halogens is 1. The number of imidazole rings is 1. The molecule has 2 aromatic heterocycles. The first kappa shape index (κ1) is 25.5. The number of aliphatic hydroxyl groups is 2. The largest absolute Gasteiger partial charge is 0.472 e. The monoisotopic (exact) mass is 510 g/mol. The minimum absolute atomic E-state index is 0.0208. The van der Waals surface area contributed by atoms with Gasteiger partial charge < -0.3 is 30.9 Å². The van der Waals surface area contributed by atoms with Crippen LogP contribution in [-0.4, -0.2) is 84.5 Å². The number of aromatic nitrogens is 4. The van der Waals surface area contributed by atoms with E-state index in [1.165, 1.54) is 10.9 Å².